The Morgan fingerprint density at radius 3 is 2.24 bits per heavy atom. The number of hydrogen-bond acceptors (Lipinski definition) is 3. The van der Waals surface area contributed by atoms with Crippen molar-refractivity contribution in [2.75, 3.05) is 0 Å². The van der Waals surface area contributed by atoms with Gasteiger partial charge in [-0.25, -0.2) is 9.97 Å². The third-order valence-electron chi connectivity index (χ3n) is 2.74. The van der Waals surface area contributed by atoms with Gasteiger partial charge in [-0.1, -0.05) is 31.2 Å². The highest BCUT2D eigenvalue weighted by Crippen LogP contribution is 2.15. The Labute approximate surface area is 101 Å². The lowest BCUT2D eigenvalue weighted by Gasteiger charge is -2.09. The van der Waals surface area contributed by atoms with E-state index in [0.29, 0.717) is 12.2 Å². The standard InChI is InChI=1S/C14H16N2O/c1-2-11-4-6-12(7-5-11)10-13(17)14-15-8-3-9-16-14/h3-9,13,17H,2,10H2,1H3. The molecule has 3 heteroatoms. The second-order valence-corrected chi connectivity index (χ2v) is 4.00. The maximum absolute atomic E-state index is 9.98. The first-order valence-electron chi connectivity index (χ1n) is 5.82. The topological polar surface area (TPSA) is 46.0 Å². The third-order valence-corrected chi connectivity index (χ3v) is 2.74. The van der Waals surface area contributed by atoms with E-state index in [1.54, 1.807) is 18.5 Å². The molecule has 0 radical (unpaired) electrons. The number of aryl methyl sites for hydroxylation is 1. The zero-order valence-corrected chi connectivity index (χ0v) is 9.87. The Bertz CT molecular complexity index is 453. The lowest BCUT2D eigenvalue weighted by molar-refractivity contribution is 0.168. The monoisotopic (exact) mass is 228 g/mol. The minimum Gasteiger partial charge on any atom is -0.385 e. The molecule has 1 unspecified atom stereocenters. The second kappa shape index (κ2) is 5.55. The van der Waals surface area contributed by atoms with E-state index in [1.165, 1.54) is 5.56 Å². The lowest BCUT2D eigenvalue weighted by atomic mass is 10.0. The van der Waals surface area contributed by atoms with Gasteiger partial charge in [-0.2, -0.15) is 0 Å². The van der Waals surface area contributed by atoms with Crippen molar-refractivity contribution in [3.63, 3.8) is 0 Å². The molecule has 0 amide bonds. The molecule has 0 fully saturated rings. The summed E-state index contributed by atoms with van der Waals surface area (Å²) in [5, 5.41) is 9.98. The van der Waals surface area contributed by atoms with Crippen molar-refractivity contribution in [2.24, 2.45) is 0 Å². The smallest absolute Gasteiger partial charge is 0.157 e. The van der Waals surface area contributed by atoms with Crippen molar-refractivity contribution in [3.8, 4) is 0 Å². The molecule has 1 aromatic carbocycles. The van der Waals surface area contributed by atoms with Gasteiger partial charge in [-0.15, -0.1) is 0 Å². The molecule has 0 aliphatic rings. The van der Waals surface area contributed by atoms with E-state index in [2.05, 4.69) is 29.0 Å². The van der Waals surface area contributed by atoms with Crippen molar-refractivity contribution in [1.82, 2.24) is 9.97 Å². The van der Waals surface area contributed by atoms with Crippen LogP contribution in [0.1, 0.15) is 30.0 Å². The van der Waals surface area contributed by atoms with Crippen molar-refractivity contribution in [2.45, 2.75) is 25.9 Å². The first kappa shape index (κ1) is 11.7. The predicted molar refractivity (Wildman–Crippen MR) is 66.5 cm³/mol. The maximum Gasteiger partial charge on any atom is 0.157 e. The largest absolute Gasteiger partial charge is 0.385 e. The third kappa shape index (κ3) is 3.11. The summed E-state index contributed by atoms with van der Waals surface area (Å²) >= 11 is 0. The first-order valence-corrected chi connectivity index (χ1v) is 5.82. The summed E-state index contributed by atoms with van der Waals surface area (Å²) in [6.45, 7) is 2.13. The van der Waals surface area contributed by atoms with Crippen LogP contribution in [0, 0.1) is 0 Å². The molecule has 3 nitrogen and oxygen atoms in total. The summed E-state index contributed by atoms with van der Waals surface area (Å²) in [5.74, 6) is 0.479. The van der Waals surface area contributed by atoms with Gasteiger partial charge in [0, 0.05) is 18.8 Å². The molecule has 1 N–H and O–H groups in total. The maximum atomic E-state index is 9.98. The van der Waals surface area contributed by atoms with Crippen LogP contribution in [0.5, 0.6) is 0 Å². The minimum absolute atomic E-state index is 0.479. The quantitative estimate of drug-likeness (QED) is 0.873. The van der Waals surface area contributed by atoms with Crippen molar-refractivity contribution < 1.29 is 5.11 Å². The molecule has 2 aromatic rings. The normalized spacial score (nSPS) is 12.4. The zero-order chi connectivity index (χ0) is 12.1. The SMILES string of the molecule is CCc1ccc(CC(O)c2ncccn2)cc1. The molecule has 0 aliphatic carbocycles. The number of benzene rings is 1. The van der Waals surface area contributed by atoms with Crippen LogP contribution in [-0.2, 0) is 12.8 Å². The molecular formula is C14H16N2O. The second-order valence-electron chi connectivity index (χ2n) is 4.00. The van der Waals surface area contributed by atoms with Crippen LogP contribution in [0.4, 0.5) is 0 Å². The summed E-state index contributed by atoms with van der Waals surface area (Å²) < 4.78 is 0. The minimum atomic E-state index is -0.635. The van der Waals surface area contributed by atoms with Crippen LogP contribution < -0.4 is 0 Å². The summed E-state index contributed by atoms with van der Waals surface area (Å²) in [5.41, 5.74) is 2.40. The fourth-order valence-corrected chi connectivity index (χ4v) is 1.71. The van der Waals surface area contributed by atoms with Gasteiger partial charge in [-0.3, -0.25) is 0 Å². The van der Waals surface area contributed by atoms with Crippen LogP contribution in [0.25, 0.3) is 0 Å². The number of aromatic nitrogens is 2. The summed E-state index contributed by atoms with van der Waals surface area (Å²) in [4.78, 5) is 8.09. The first-order chi connectivity index (χ1) is 8.29. The van der Waals surface area contributed by atoms with Gasteiger partial charge in [0.05, 0.1) is 0 Å². The molecule has 1 atom stereocenters. The van der Waals surface area contributed by atoms with Gasteiger partial charge >= 0.3 is 0 Å². The van der Waals surface area contributed by atoms with Gasteiger partial charge in [-0.05, 0) is 23.6 Å². The number of hydrogen-bond donors (Lipinski definition) is 1. The lowest BCUT2D eigenvalue weighted by Crippen LogP contribution is -2.06. The van der Waals surface area contributed by atoms with Gasteiger partial charge in [0.1, 0.15) is 6.10 Å². The Hall–Kier alpha value is -1.74. The van der Waals surface area contributed by atoms with Crippen LogP contribution in [0.2, 0.25) is 0 Å². The zero-order valence-electron chi connectivity index (χ0n) is 9.87. The van der Waals surface area contributed by atoms with Crippen molar-refractivity contribution in [3.05, 3.63) is 59.7 Å². The van der Waals surface area contributed by atoms with Crippen LogP contribution in [-0.4, -0.2) is 15.1 Å². The van der Waals surface area contributed by atoms with Gasteiger partial charge in [0.15, 0.2) is 5.82 Å². The Morgan fingerprint density at radius 2 is 1.65 bits per heavy atom. The molecule has 0 saturated heterocycles. The van der Waals surface area contributed by atoms with Gasteiger partial charge in [0.2, 0.25) is 0 Å². The van der Waals surface area contributed by atoms with Gasteiger partial charge in [0.25, 0.3) is 0 Å². The van der Waals surface area contributed by atoms with E-state index >= 15 is 0 Å². The van der Waals surface area contributed by atoms with E-state index < -0.39 is 6.10 Å². The molecule has 2 rings (SSSR count). The summed E-state index contributed by atoms with van der Waals surface area (Å²) in [6, 6.07) is 10.0. The van der Waals surface area contributed by atoms with E-state index in [4.69, 9.17) is 0 Å². The number of rotatable bonds is 4. The Balaban J connectivity index is 2.05. The number of aliphatic hydroxyl groups excluding tert-OH is 1. The Kier molecular flexibility index (Phi) is 3.83. The van der Waals surface area contributed by atoms with E-state index in [0.717, 1.165) is 12.0 Å². The molecule has 0 aliphatic heterocycles. The molecule has 17 heavy (non-hydrogen) atoms. The molecule has 0 saturated carbocycles. The highest BCUT2D eigenvalue weighted by atomic mass is 16.3. The average molecular weight is 228 g/mol. The van der Waals surface area contributed by atoms with Crippen LogP contribution >= 0.6 is 0 Å². The predicted octanol–water partition coefficient (Wildman–Crippen LogP) is 2.32. The summed E-state index contributed by atoms with van der Waals surface area (Å²) in [7, 11) is 0. The average Bonchev–Trinajstić information content (AvgIpc) is 2.40. The highest BCUT2D eigenvalue weighted by Gasteiger charge is 2.10. The molecule has 88 valence electrons. The number of aliphatic hydroxyl groups is 1. The highest BCUT2D eigenvalue weighted by molar-refractivity contribution is 5.23. The fourth-order valence-electron chi connectivity index (χ4n) is 1.71. The van der Waals surface area contributed by atoms with E-state index in [9.17, 15) is 5.11 Å². The van der Waals surface area contributed by atoms with E-state index in [1.807, 2.05) is 12.1 Å². The number of nitrogens with zero attached hydrogens (tertiary/aromatic N) is 2. The van der Waals surface area contributed by atoms with Crippen molar-refractivity contribution in [1.29, 1.82) is 0 Å². The van der Waals surface area contributed by atoms with Crippen molar-refractivity contribution >= 4 is 0 Å². The molecule has 1 aromatic heterocycles. The fraction of sp³-hybridized carbons (Fsp3) is 0.286. The van der Waals surface area contributed by atoms with E-state index in [-0.39, 0.29) is 0 Å². The summed E-state index contributed by atoms with van der Waals surface area (Å²) in [6.07, 6.45) is 4.24. The Morgan fingerprint density at radius 1 is 1.06 bits per heavy atom. The van der Waals surface area contributed by atoms with Gasteiger partial charge < -0.3 is 5.11 Å². The molecule has 0 bridgehead atoms. The molecule has 1 heterocycles. The molecule has 0 spiro atoms. The van der Waals surface area contributed by atoms with Crippen LogP contribution in [0.15, 0.2) is 42.7 Å². The molecular weight excluding hydrogens is 212 g/mol. The van der Waals surface area contributed by atoms with Crippen LogP contribution in [0.3, 0.4) is 0 Å².